The normalized spacial score (nSPS) is 13.9. The van der Waals surface area contributed by atoms with Gasteiger partial charge in [0.2, 0.25) is 11.8 Å². The predicted molar refractivity (Wildman–Crippen MR) is 73.8 cm³/mol. The molecule has 2 N–H and O–H groups in total. The summed E-state index contributed by atoms with van der Waals surface area (Å²) >= 11 is 0. The lowest BCUT2D eigenvalue weighted by molar-refractivity contribution is -0.119. The lowest BCUT2D eigenvalue weighted by atomic mass is 9.78. The Labute approximate surface area is 114 Å². The average Bonchev–Trinajstić information content (AvgIpc) is 2.76. The summed E-state index contributed by atoms with van der Waals surface area (Å²) in [7, 11) is 0. The van der Waals surface area contributed by atoms with Gasteiger partial charge in [-0.15, -0.1) is 0 Å². The molecular weight excluding hydrogens is 244 g/mol. The second-order valence-electron chi connectivity index (χ2n) is 6.13. The van der Waals surface area contributed by atoms with Gasteiger partial charge in [0.1, 0.15) is 0 Å². The molecule has 0 fully saturated rings. The van der Waals surface area contributed by atoms with E-state index in [1.165, 1.54) is 0 Å². The summed E-state index contributed by atoms with van der Waals surface area (Å²) in [5, 5.41) is 16.8. The van der Waals surface area contributed by atoms with Gasteiger partial charge in [0.15, 0.2) is 0 Å². The van der Waals surface area contributed by atoms with Gasteiger partial charge in [-0.3, -0.25) is 10.1 Å². The van der Waals surface area contributed by atoms with E-state index in [-0.39, 0.29) is 17.7 Å². The van der Waals surface area contributed by atoms with Gasteiger partial charge in [-0.25, -0.2) is 0 Å². The molecular formula is C14H24N2O3. The molecule has 19 heavy (non-hydrogen) atoms. The number of amides is 1. The summed E-state index contributed by atoms with van der Waals surface area (Å²) in [5.41, 5.74) is 0.103. The topological polar surface area (TPSA) is 75.4 Å². The number of hydrogen-bond acceptors (Lipinski definition) is 4. The van der Waals surface area contributed by atoms with Crippen molar-refractivity contribution in [3.8, 4) is 0 Å². The highest BCUT2D eigenvalue weighted by molar-refractivity contribution is 5.90. The van der Waals surface area contributed by atoms with Crippen molar-refractivity contribution in [3.05, 3.63) is 11.8 Å². The van der Waals surface area contributed by atoms with Gasteiger partial charge in [-0.1, -0.05) is 46.7 Å². The summed E-state index contributed by atoms with van der Waals surface area (Å²) in [4.78, 5) is 11.6. The molecule has 0 aromatic carbocycles. The highest BCUT2D eigenvalue weighted by atomic mass is 16.5. The van der Waals surface area contributed by atoms with Crippen LogP contribution in [0.2, 0.25) is 0 Å². The third-order valence-electron chi connectivity index (χ3n) is 3.31. The number of nitrogens with one attached hydrogen (secondary N) is 1. The van der Waals surface area contributed by atoms with Gasteiger partial charge in [-0.05, 0) is 5.92 Å². The Bertz CT molecular complexity index is 436. The van der Waals surface area contributed by atoms with Crippen LogP contribution >= 0.6 is 0 Å². The first-order chi connectivity index (χ1) is 8.66. The molecule has 5 heteroatoms. The standard InChI is InChI=1S/C14H24N2O3/c1-8(2)12(17)14(5,6)10-7-11(19-16-10)15-13(18)9(3)4/h7-9,12,17H,1-6H3,(H,15,18). The summed E-state index contributed by atoms with van der Waals surface area (Å²) in [5.74, 6) is 0.186. The van der Waals surface area contributed by atoms with Crippen LogP contribution in [0.1, 0.15) is 47.2 Å². The highest BCUT2D eigenvalue weighted by Gasteiger charge is 2.35. The molecule has 0 aliphatic carbocycles. The molecule has 1 amide bonds. The fourth-order valence-corrected chi connectivity index (χ4v) is 1.89. The molecule has 0 aliphatic heterocycles. The van der Waals surface area contributed by atoms with Crippen LogP contribution in [0.25, 0.3) is 0 Å². The smallest absolute Gasteiger partial charge is 0.231 e. The van der Waals surface area contributed by atoms with E-state index in [2.05, 4.69) is 10.5 Å². The van der Waals surface area contributed by atoms with Crippen molar-refractivity contribution in [1.29, 1.82) is 0 Å². The Kier molecular flexibility index (Phi) is 4.74. The minimum absolute atomic E-state index is 0.111. The van der Waals surface area contributed by atoms with Crippen molar-refractivity contribution in [2.45, 2.75) is 53.1 Å². The first-order valence-corrected chi connectivity index (χ1v) is 6.62. The van der Waals surface area contributed by atoms with Gasteiger partial charge in [0, 0.05) is 17.4 Å². The first kappa shape index (κ1) is 15.7. The Morgan fingerprint density at radius 2 is 1.95 bits per heavy atom. The molecule has 1 aromatic rings. The van der Waals surface area contributed by atoms with Crippen LogP contribution in [-0.2, 0) is 10.2 Å². The van der Waals surface area contributed by atoms with Crippen LogP contribution in [0.15, 0.2) is 10.6 Å². The van der Waals surface area contributed by atoms with Crippen molar-refractivity contribution in [3.63, 3.8) is 0 Å². The van der Waals surface area contributed by atoms with Gasteiger partial charge in [0.25, 0.3) is 0 Å². The minimum Gasteiger partial charge on any atom is -0.392 e. The van der Waals surface area contributed by atoms with Crippen molar-refractivity contribution >= 4 is 11.8 Å². The van der Waals surface area contributed by atoms with Crippen molar-refractivity contribution in [1.82, 2.24) is 5.16 Å². The Balaban J connectivity index is 2.87. The molecule has 0 saturated heterocycles. The minimum atomic E-state index is -0.536. The van der Waals surface area contributed by atoms with Gasteiger partial charge >= 0.3 is 0 Å². The summed E-state index contributed by atoms with van der Waals surface area (Å²) in [6.07, 6.45) is -0.536. The second kappa shape index (κ2) is 5.74. The van der Waals surface area contributed by atoms with Crippen LogP contribution in [-0.4, -0.2) is 22.3 Å². The molecule has 1 rings (SSSR count). The zero-order chi connectivity index (χ0) is 14.8. The maximum atomic E-state index is 11.6. The molecule has 0 aliphatic rings. The molecule has 1 aromatic heterocycles. The van der Waals surface area contributed by atoms with E-state index in [4.69, 9.17) is 4.52 Å². The molecule has 0 bridgehead atoms. The van der Waals surface area contributed by atoms with E-state index in [1.807, 2.05) is 27.7 Å². The van der Waals surface area contributed by atoms with E-state index in [9.17, 15) is 9.90 Å². The first-order valence-electron chi connectivity index (χ1n) is 6.62. The van der Waals surface area contributed by atoms with E-state index in [0.717, 1.165) is 0 Å². The fourth-order valence-electron chi connectivity index (χ4n) is 1.89. The number of aliphatic hydroxyl groups excluding tert-OH is 1. The Hall–Kier alpha value is -1.36. The van der Waals surface area contributed by atoms with Crippen LogP contribution in [0.4, 0.5) is 5.88 Å². The monoisotopic (exact) mass is 268 g/mol. The van der Waals surface area contributed by atoms with Gasteiger partial charge in [-0.2, -0.15) is 0 Å². The maximum absolute atomic E-state index is 11.6. The number of carbonyl (C=O) groups excluding carboxylic acids is 1. The molecule has 1 heterocycles. The number of hydrogen-bond donors (Lipinski definition) is 2. The predicted octanol–water partition coefficient (Wildman–Crippen LogP) is 2.56. The van der Waals surface area contributed by atoms with E-state index in [0.29, 0.717) is 11.6 Å². The second-order valence-corrected chi connectivity index (χ2v) is 6.13. The number of carbonyl (C=O) groups is 1. The molecule has 1 unspecified atom stereocenters. The van der Waals surface area contributed by atoms with E-state index in [1.54, 1.807) is 19.9 Å². The number of nitrogens with zero attached hydrogens (tertiary/aromatic N) is 1. The van der Waals surface area contributed by atoms with Gasteiger partial charge in [0.05, 0.1) is 11.8 Å². The third kappa shape index (κ3) is 3.56. The molecule has 1 atom stereocenters. The molecule has 108 valence electrons. The van der Waals surface area contributed by atoms with Crippen LogP contribution in [0.3, 0.4) is 0 Å². The lowest BCUT2D eigenvalue weighted by Crippen LogP contribution is -2.37. The highest BCUT2D eigenvalue weighted by Crippen LogP contribution is 2.31. The maximum Gasteiger partial charge on any atom is 0.231 e. The lowest BCUT2D eigenvalue weighted by Gasteiger charge is -2.30. The SMILES string of the molecule is CC(C)C(=O)Nc1cc(C(C)(C)C(O)C(C)C)no1. The van der Waals surface area contributed by atoms with Crippen LogP contribution < -0.4 is 5.32 Å². The average molecular weight is 268 g/mol. The van der Waals surface area contributed by atoms with Crippen molar-refractivity contribution in [2.24, 2.45) is 11.8 Å². The van der Waals surface area contributed by atoms with Crippen LogP contribution in [0, 0.1) is 11.8 Å². The van der Waals surface area contributed by atoms with Crippen molar-refractivity contribution < 1.29 is 14.4 Å². The Morgan fingerprint density at radius 3 is 2.42 bits per heavy atom. The fraction of sp³-hybridized carbons (Fsp3) is 0.714. The van der Waals surface area contributed by atoms with E-state index < -0.39 is 11.5 Å². The van der Waals surface area contributed by atoms with Crippen LogP contribution in [0.5, 0.6) is 0 Å². The van der Waals surface area contributed by atoms with Gasteiger partial charge < -0.3 is 9.63 Å². The number of aliphatic hydroxyl groups is 1. The summed E-state index contributed by atoms with van der Waals surface area (Å²) in [6.45, 7) is 11.3. The molecule has 0 saturated carbocycles. The molecule has 5 nitrogen and oxygen atoms in total. The third-order valence-corrected chi connectivity index (χ3v) is 3.31. The quantitative estimate of drug-likeness (QED) is 0.860. The summed E-state index contributed by atoms with van der Waals surface area (Å²) in [6, 6.07) is 1.67. The number of aromatic nitrogens is 1. The van der Waals surface area contributed by atoms with Crippen molar-refractivity contribution in [2.75, 3.05) is 5.32 Å². The molecule has 0 spiro atoms. The number of rotatable bonds is 5. The Morgan fingerprint density at radius 1 is 1.37 bits per heavy atom. The number of anilines is 1. The summed E-state index contributed by atoms with van der Waals surface area (Å²) < 4.78 is 5.11. The largest absolute Gasteiger partial charge is 0.392 e. The zero-order valence-electron chi connectivity index (χ0n) is 12.5. The van der Waals surface area contributed by atoms with E-state index >= 15 is 0 Å². The molecule has 0 radical (unpaired) electrons. The zero-order valence-corrected chi connectivity index (χ0v) is 12.5.